The maximum Gasteiger partial charge on any atom is 0.267 e. The third-order valence-corrected chi connectivity index (χ3v) is 6.80. The highest BCUT2D eigenvalue weighted by Gasteiger charge is 2.23. The Balaban J connectivity index is 1.20. The zero-order valence-electron chi connectivity index (χ0n) is 18.3. The quantitative estimate of drug-likeness (QED) is 0.621. The first kappa shape index (κ1) is 20.9. The molecule has 1 aromatic carbocycles. The lowest BCUT2D eigenvalue weighted by Gasteiger charge is -2.35. The van der Waals surface area contributed by atoms with Gasteiger partial charge in [-0.05, 0) is 68.8 Å². The molecule has 2 N–H and O–H groups in total. The third-order valence-electron chi connectivity index (χ3n) is 6.80. The molecule has 1 amide bonds. The molecule has 0 radical (unpaired) electrons. The highest BCUT2D eigenvalue weighted by molar-refractivity contribution is 5.97. The van der Waals surface area contributed by atoms with Gasteiger partial charge < -0.3 is 10.3 Å². The van der Waals surface area contributed by atoms with Crippen molar-refractivity contribution < 1.29 is 4.79 Å². The van der Waals surface area contributed by atoms with Crippen LogP contribution in [0.25, 0.3) is 11.0 Å². The topological polar surface area (TPSA) is 95.9 Å². The van der Waals surface area contributed by atoms with E-state index in [1.165, 1.54) is 0 Å². The van der Waals surface area contributed by atoms with E-state index in [0.29, 0.717) is 18.7 Å². The van der Waals surface area contributed by atoms with E-state index >= 15 is 0 Å². The molecule has 2 aromatic heterocycles. The van der Waals surface area contributed by atoms with Crippen LogP contribution in [-0.2, 0) is 19.4 Å². The van der Waals surface area contributed by atoms with Crippen molar-refractivity contribution in [3.8, 4) is 0 Å². The molecule has 32 heavy (non-hydrogen) atoms. The monoisotopic (exact) mass is 434 g/mol. The first-order valence-electron chi connectivity index (χ1n) is 11.7. The van der Waals surface area contributed by atoms with E-state index in [1.54, 1.807) is 17.1 Å². The Labute approximate surface area is 187 Å². The van der Waals surface area contributed by atoms with Crippen molar-refractivity contribution >= 4 is 16.9 Å². The number of aromatic nitrogens is 4. The second kappa shape index (κ2) is 9.24. The third kappa shape index (κ3) is 4.46. The van der Waals surface area contributed by atoms with Crippen LogP contribution in [0.5, 0.6) is 0 Å². The molecule has 1 aliphatic carbocycles. The summed E-state index contributed by atoms with van der Waals surface area (Å²) in [4.78, 5) is 34.9. The minimum atomic E-state index is -0.0698. The number of H-pyrrole nitrogens is 1. The zero-order valence-corrected chi connectivity index (χ0v) is 18.3. The van der Waals surface area contributed by atoms with Crippen LogP contribution in [0.4, 0.5) is 0 Å². The van der Waals surface area contributed by atoms with E-state index in [0.717, 1.165) is 80.3 Å². The number of rotatable bonds is 6. The van der Waals surface area contributed by atoms with Crippen LogP contribution < -0.4 is 10.9 Å². The minimum absolute atomic E-state index is 0.00158. The SMILES string of the molecule is O=C(NCC1CCCCN1CCn1nc2c(cc1=O)CCCC2)c1ccc2nc[nH]c2c1. The van der Waals surface area contributed by atoms with Crippen LogP contribution in [-0.4, -0.2) is 56.2 Å². The first-order chi connectivity index (χ1) is 15.7. The van der Waals surface area contributed by atoms with Gasteiger partial charge in [0.1, 0.15) is 0 Å². The number of hydrogen-bond acceptors (Lipinski definition) is 5. The van der Waals surface area contributed by atoms with Crippen molar-refractivity contribution in [3.05, 3.63) is 57.8 Å². The van der Waals surface area contributed by atoms with Gasteiger partial charge in [0.05, 0.1) is 29.6 Å². The number of imidazole rings is 1. The second-order valence-corrected chi connectivity index (χ2v) is 8.91. The lowest BCUT2D eigenvalue weighted by atomic mass is 9.97. The Morgan fingerprint density at radius 1 is 1.12 bits per heavy atom. The highest BCUT2D eigenvalue weighted by atomic mass is 16.1. The van der Waals surface area contributed by atoms with E-state index in [4.69, 9.17) is 0 Å². The van der Waals surface area contributed by atoms with Crippen molar-refractivity contribution in [1.29, 1.82) is 0 Å². The molecule has 0 bridgehead atoms. The molecule has 3 aromatic rings. The predicted octanol–water partition coefficient (Wildman–Crippen LogP) is 2.28. The Kier molecular flexibility index (Phi) is 6.03. The van der Waals surface area contributed by atoms with E-state index < -0.39 is 0 Å². The molecular weight excluding hydrogens is 404 g/mol. The van der Waals surface area contributed by atoms with Crippen molar-refractivity contribution in [2.24, 2.45) is 0 Å². The number of likely N-dealkylation sites (tertiary alicyclic amines) is 1. The molecule has 2 aliphatic rings. The second-order valence-electron chi connectivity index (χ2n) is 8.91. The van der Waals surface area contributed by atoms with Crippen LogP contribution in [0.1, 0.15) is 53.7 Å². The van der Waals surface area contributed by atoms with Crippen LogP contribution in [0, 0.1) is 0 Å². The molecule has 1 unspecified atom stereocenters. The number of nitrogens with zero attached hydrogens (tertiary/aromatic N) is 4. The Morgan fingerprint density at radius 3 is 2.97 bits per heavy atom. The number of piperidine rings is 1. The summed E-state index contributed by atoms with van der Waals surface area (Å²) >= 11 is 0. The normalized spacial score (nSPS) is 19.1. The van der Waals surface area contributed by atoms with Crippen molar-refractivity contribution in [2.45, 2.75) is 57.5 Å². The fraction of sp³-hybridized carbons (Fsp3) is 0.500. The van der Waals surface area contributed by atoms with Gasteiger partial charge in [-0.1, -0.05) is 6.42 Å². The molecule has 1 aliphatic heterocycles. The molecule has 168 valence electrons. The molecule has 5 rings (SSSR count). The van der Waals surface area contributed by atoms with Gasteiger partial charge in [-0.2, -0.15) is 5.10 Å². The summed E-state index contributed by atoms with van der Waals surface area (Å²) in [5.74, 6) is -0.0698. The predicted molar refractivity (Wildman–Crippen MR) is 123 cm³/mol. The van der Waals surface area contributed by atoms with Gasteiger partial charge in [0.25, 0.3) is 11.5 Å². The standard InChI is InChI=1S/C24H30N6O2/c31-23-14-17-5-1-2-7-20(17)28-30(23)12-11-29-10-4-3-6-19(29)15-25-24(32)18-8-9-21-22(13-18)27-16-26-21/h8-9,13-14,16,19H,1-7,10-12,15H2,(H,25,32)(H,26,27). The number of carbonyl (C=O) groups is 1. The summed E-state index contributed by atoms with van der Waals surface area (Å²) in [5.41, 5.74) is 4.57. The van der Waals surface area contributed by atoms with Gasteiger partial charge in [0.2, 0.25) is 0 Å². The van der Waals surface area contributed by atoms with Gasteiger partial charge >= 0.3 is 0 Å². The molecule has 0 spiro atoms. The van der Waals surface area contributed by atoms with Crippen LogP contribution >= 0.6 is 0 Å². The molecule has 8 heteroatoms. The summed E-state index contributed by atoms with van der Waals surface area (Å²) in [7, 11) is 0. The minimum Gasteiger partial charge on any atom is -0.350 e. The first-order valence-corrected chi connectivity index (χ1v) is 11.7. The number of benzene rings is 1. The summed E-state index contributed by atoms with van der Waals surface area (Å²) in [5, 5.41) is 7.76. The zero-order chi connectivity index (χ0) is 21.9. The van der Waals surface area contributed by atoms with Gasteiger partial charge in [-0.15, -0.1) is 0 Å². The Bertz CT molecular complexity index is 1170. The van der Waals surface area contributed by atoms with Gasteiger partial charge in [0.15, 0.2) is 0 Å². The molecular formula is C24H30N6O2. The maximum atomic E-state index is 12.7. The average Bonchev–Trinajstić information content (AvgIpc) is 3.29. The molecule has 0 saturated carbocycles. The Hall–Kier alpha value is -3.00. The number of aryl methyl sites for hydroxylation is 2. The van der Waals surface area contributed by atoms with Crippen LogP contribution in [0.3, 0.4) is 0 Å². The van der Waals surface area contributed by atoms with Crippen molar-refractivity contribution in [1.82, 2.24) is 30.0 Å². The smallest absolute Gasteiger partial charge is 0.267 e. The number of fused-ring (bicyclic) bond motifs is 2. The molecule has 1 saturated heterocycles. The van der Waals surface area contributed by atoms with E-state index in [-0.39, 0.29) is 17.5 Å². The lowest BCUT2D eigenvalue weighted by molar-refractivity contribution is 0.0909. The lowest BCUT2D eigenvalue weighted by Crippen LogP contribution is -2.48. The van der Waals surface area contributed by atoms with Crippen LogP contribution in [0.15, 0.2) is 35.4 Å². The fourth-order valence-corrected chi connectivity index (χ4v) is 4.96. The van der Waals surface area contributed by atoms with Gasteiger partial charge in [-0.3, -0.25) is 14.5 Å². The summed E-state index contributed by atoms with van der Waals surface area (Å²) in [6.07, 6.45) is 9.23. The number of amides is 1. The van der Waals surface area contributed by atoms with E-state index in [1.807, 2.05) is 18.2 Å². The van der Waals surface area contributed by atoms with E-state index in [2.05, 4.69) is 25.3 Å². The Morgan fingerprint density at radius 2 is 2.03 bits per heavy atom. The van der Waals surface area contributed by atoms with E-state index in [9.17, 15) is 9.59 Å². The largest absolute Gasteiger partial charge is 0.350 e. The number of carbonyl (C=O) groups excluding carboxylic acids is 1. The average molecular weight is 435 g/mol. The molecule has 8 nitrogen and oxygen atoms in total. The summed E-state index contributed by atoms with van der Waals surface area (Å²) in [6, 6.07) is 7.57. The maximum absolute atomic E-state index is 12.7. The fourth-order valence-electron chi connectivity index (χ4n) is 4.96. The van der Waals surface area contributed by atoms with Crippen molar-refractivity contribution in [3.63, 3.8) is 0 Å². The summed E-state index contributed by atoms with van der Waals surface area (Å²) < 4.78 is 1.63. The molecule has 3 heterocycles. The van der Waals surface area contributed by atoms with Gasteiger partial charge in [0, 0.05) is 30.8 Å². The van der Waals surface area contributed by atoms with Crippen LogP contribution in [0.2, 0.25) is 0 Å². The van der Waals surface area contributed by atoms with Crippen molar-refractivity contribution in [2.75, 3.05) is 19.6 Å². The van der Waals surface area contributed by atoms with Gasteiger partial charge in [-0.25, -0.2) is 9.67 Å². The molecule has 1 atom stereocenters. The number of nitrogens with one attached hydrogen (secondary N) is 2. The number of hydrogen-bond donors (Lipinski definition) is 2. The molecule has 1 fully saturated rings. The number of aromatic amines is 1. The highest BCUT2D eigenvalue weighted by Crippen LogP contribution is 2.19. The summed E-state index contributed by atoms with van der Waals surface area (Å²) in [6.45, 7) is 2.95.